The molecule has 0 radical (unpaired) electrons. The van der Waals surface area contributed by atoms with Crippen LogP contribution < -0.4 is 9.47 Å². The minimum Gasteiger partial charge on any atom is -0.493 e. The van der Waals surface area contributed by atoms with Crippen molar-refractivity contribution < 1.29 is 9.47 Å². The van der Waals surface area contributed by atoms with Crippen molar-refractivity contribution in [2.45, 2.75) is 6.82 Å². The van der Waals surface area contributed by atoms with Gasteiger partial charge < -0.3 is 9.47 Å². The molecule has 0 fully saturated rings. The van der Waals surface area contributed by atoms with Gasteiger partial charge in [-0.1, -0.05) is 19.0 Å². The molecule has 1 aromatic rings. The average molecular weight is 202 g/mol. The number of hydrogen-bond donors (Lipinski definition) is 0. The molecule has 0 N–H and O–H groups in total. The van der Waals surface area contributed by atoms with Crippen LogP contribution in [0, 0.1) is 0 Å². The van der Waals surface area contributed by atoms with Crippen LogP contribution in [0.25, 0.3) is 6.08 Å². The lowest BCUT2D eigenvalue weighted by Crippen LogP contribution is -1.92. The van der Waals surface area contributed by atoms with E-state index in [4.69, 9.17) is 9.47 Å². The molecular weight excluding hydrogens is 186 g/mol. The summed E-state index contributed by atoms with van der Waals surface area (Å²) in [5, 5.41) is 1.35. The summed E-state index contributed by atoms with van der Waals surface area (Å²) in [6.07, 6.45) is 2.15. The first-order valence-electron chi connectivity index (χ1n) is 5.10. The highest BCUT2D eigenvalue weighted by molar-refractivity contribution is 6.61. The molecule has 0 saturated carbocycles. The van der Waals surface area contributed by atoms with Gasteiger partial charge in [-0.2, -0.15) is 0 Å². The fourth-order valence-corrected chi connectivity index (χ4v) is 1.33. The second-order valence-corrected chi connectivity index (χ2v) is 3.46. The number of methoxy groups -OCH3 is 2. The fraction of sp³-hybridized carbons (Fsp3) is 0.273. The zero-order chi connectivity index (χ0) is 11.3. The summed E-state index contributed by atoms with van der Waals surface area (Å²) in [5.41, 5.74) is 1.15. The molecule has 0 aliphatic rings. The summed E-state index contributed by atoms with van der Waals surface area (Å²) in [6, 6.07) is 5.94. The van der Waals surface area contributed by atoms with Gasteiger partial charge in [0.15, 0.2) is 11.5 Å². The van der Waals surface area contributed by atoms with Crippen LogP contribution in [-0.2, 0) is 0 Å². The number of benzene rings is 1. The van der Waals surface area contributed by atoms with Gasteiger partial charge >= 0.3 is 0 Å². The van der Waals surface area contributed by atoms with Gasteiger partial charge in [0.1, 0.15) is 15.1 Å². The van der Waals surface area contributed by atoms with Crippen molar-refractivity contribution in [1.29, 1.82) is 0 Å². The summed E-state index contributed by atoms with van der Waals surface area (Å²) in [5.74, 6) is 1.54. The van der Waals surface area contributed by atoms with Crippen LogP contribution in [0.5, 0.6) is 11.5 Å². The van der Waals surface area contributed by atoms with E-state index in [-0.39, 0.29) is 0 Å². The Morgan fingerprint density at radius 1 is 1.27 bits per heavy atom. The van der Waals surface area contributed by atoms with Crippen molar-refractivity contribution in [3.8, 4) is 11.5 Å². The predicted molar refractivity (Wildman–Crippen MR) is 69.1 cm³/mol. The van der Waals surface area contributed by atoms with E-state index >= 15 is 0 Å². The summed E-state index contributed by atoms with van der Waals surface area (Å²) >= 11 is 0. The van der Waals surface area contributed by atoms with Gasteiger partial charge in [0.25, 0.3) is 0 Å². The molecule has 0 spiro atoms. The average Bonchev–Trinajstić information content (AvgIpc) is 2.28. The Hall–Kier alpha value is -1.31. The maximum Gasteiger partial charge on any atom is 0.161 e. The lowest BCUT2D eigenvalue weighted by atomic mass is 9.62. The van der Waals surface area contributed by atoms with Crippen LogP contribution in [0.1, 0.15) is 5.56 Å². The van der Waals surface area contributed by atoms with Crippen LogP contribution in [-0.4, -0.2) is 29.3 Å². The lowest BCUT2D eigenvalue weighted by Gasteiger charge is -2.08. The molecule has 0 bridgehead atoms. The molecule has 0 aromatic heterocycles. The first-order chi connectivity index (χ1) is 7.21. The Labute approximate surface area is 92.9 Å². The fourth-order valence-electron chi connectivity index (χ4n) is 1.33. The van der Waals surface area contributed by atoms with E-state index in [9.17, 15) is 0 Å². The summed E-state index contributed by atoms with van der Waals surface area (Å²) < 4.78 is 10.4. The minimum atomic E-state index is 0.767. The van der Waals surface area contributed by atoms with E-state index in [1.165, 1.54) is 5.37 Å². The molecule has 0 amide bonds. The molecular formula is C11H16B2O2. The SMILES string of the molecule is B/C(BC)=C\c1ccc(OC)c(OC)c1. The predicted octanol–water partition coefficient (Wildman–Crippen LogP) is 1.12. The van der Waals surface area contributed by atoms with Crippen molar-refractivity contribution in [2.75, 3.05) is 14.2 Å². The molecule has 0 aliphatic carbocycles. The van der Waals surface area contributed by atoms with Gasteiger partial charge in [-0.3, -0.25) is 0 Å². The summed E-state index contributed by atoms with van der Waals surface area (Å²) in [4.78, 5) is 0. The lowest BCUT2D eigenvalue weighted by molar-refractivity contribution is 0.355. The maximum atomic E-state index is 5.24. The van der Waals surface area contributed by atoms with Crippen LogP contribution in [0.2, 0.25) is 6.82 Å². The van der Waals surface area contributed by atoms with E-state index in [0.29, 0.717) is 0 Å². The van der Waals surface area contributed by atoms with Crippen molar-refractivity contribution in [2.24, 2.45) is 0 Å². The maximum absolute atomic E-state index is 5.24. The molecule has 0 unspecified atom stereocenters. The van der Waals surface area contributed by atoms with E-state index in [0.717, 1.165) is 24.3 Å². The van der Waals surface area contributed by atoms with Crippen LogP contribution >= 0.6 is 0 Å². The molecule has 2 nitrogen and oxygen atoms in total. The monoisotopic (exact) mass is 202 g/mol. The van der Waals surface area contributed by atoms with Gasteiger partial charge in [-0.05, 0) is 17.7 Å². The quantitative estimate of drug-likeness (QED) is 0.681. The van der Waals surface area contributed by atoms with Gasteiger partial charge in [0.05, 0.1) is 14.2 Å². The molecule has 1 aromatic carbocycles. The molecule has 0 atom stereocenters. The zero-order valence-electron chi connectivity index (χ0n) is 9.83. The van der Waals surface area contributed by atoms with Gasteiger partial charge in [0.2, 0.25) is 0 Å². The standard InChI is InChI=1S/C11H16B2O2/c1-13-11(12)7-8-4-5-9(14-2)10(6-8)15-3/h4-7,13H,12H2,1-3H3/b11-7+. The Balaban J connectivity index is 3.03. The molecule has 0 saturated heterocycles. The minimum absolute atomic E-state index is 0.767. The first-order valence-corrected chi connectivity index (χ1v) is 5.10. The Kier molecular flexibility index (Phi) is 4.35. The third-order valence-corrected chi connectivity index (χ3v) is 2.38. The van der Waals surface area contributed by atoms with Crippen LogP contribution in [0.15, 0.2) is 23.6 Å². The van der Waals surface area contributed by atoms with Gasteiger partial charge in [-0.25, -0.2) is 0 Å². The molecule has 4 heteroatoms. The van der Waals surface area contributed by atoms with Crippen molar-refractivity contribution >= 4 is 21.2 Å². The van der Waals surface area contributed by atoms with Gasteiger partial charge in [0, 0.05) is 0 Å². The van der Waals surface area contributed by atoms with Crippen molar-refractivity contribution in [1.82, 2.24) is 0 Å². The van der Waals surface area contributed by atoms with E-state index in [2.05, 4.69) is 20.7 Å². The molecule has 1 rings (SSSR count). The second-order valence-electron chi connectivity index (χ2n) is 3.46. The number of ether oxygens (including phenoxy) is 2. The van der Waals surface area contributed by atoms with Gasteiger partial charge in [-0.15, -0.1) is 5.37 Å². The Morgan fingerprint density at radius 2 is 1.93 bits per heavy atom. The summed E-state index contributed by atoms with van der Waals surface area (Å²) in [7, 11) is 6.48. The second kappa shape index (κ2) is 5.54. The van der Waals surface area contributed by atoms with Crippen molar-refractivity contribution in [3.05, 3.63) is 29.1 Å². The highest BCUT2D eigenvalue weighted by Crippen LogP contribution is 2.28. The normalized spacial score (nSPS) is 11.0. The van der Waals surface area contributed by atoms with E-state index in [1.807, 2.05) is 18.2 Å². The topological polar surface area (TPSA) is 18.5 Å². The highest BCUT2D eigenvalue weighted by atomic mass is 16.5. The number of rotatable bonds is 4. The number of hydrogen-bond acceptors (Lipinski definition) is 2. The third-order valence-electron chi connectivity index (χ3n) is 2.38. The van der Waals surface area contributed by atoms with E-state index < -0.39 is 0 Å². The zero-order valence-corrected chi connectivity index (χ0v) is 9.83. The Morgan fingerprint density at radius 3 is 2.47 bits per heavy atom. The summed E-state index contributed by atoms with van der Waals surface area (Å²) in [6.45, 7) is 2.15. The Bertz CT molecular complexity index is 362. The van der Waals surface area contributed by atoms with E-state index in [1.54, 1.807) is 14.2 Å². The van der Waals surface area contributed by atoms with Crippen LogP contribution in [0.3, 0.4) is 0 Å². The molecule has 78 valence electrons. The molecule has 15 heavy (non-hydrogen) atoms. The highest BCUT2D eigenvalue weighted by Gasteiger charge is 2.02. The first kappa shape index (κ1) is 11.8. The van der Waals surface area contributed by atoms with Crippen molar-refractivity contribution in [3.63, 3.8) is 0 Å². The molecule has 0 aliphatic heterocycles. The third kappa shape index (κ3) is 3.08. The smallest absolute Gasteiger partial charge is 0.161 e. The van der Waals surface area contributed by atoms with Crippen LogP contribution in [0.4, 0.5) is 0 Å². The molecule has 0 heterocycles. The largest absolute Gasteiger partial charge is 0.493 e.